The molecule has 0 saturated carbocycles. The van der Waals surface area contributed by atoms with Crippen LogP contribution in [0.5, 0.6) is 0 Å². The normalized spacial score (nSPS) is 18.5. The number of ether oxygens (including phenoxy) is 1. The highest BCUT2D eigenvalue weighted by molar-refractivity contribution is 9.10. The molecule has 1 saturated heterocycles. The smallest absolute Gasteiger partial charge is 0.410 e. The van der Waals surface area contributed by atoms with Crippen LogP contribution in [0.1, 0.15) is 32.8 Å². The van der Waals surface area contributed by atoms with Crippen molar-refractivity contribution in [1.29, 1.82) is 0 Å². The summed E-state index contributed by atoms with van der Waals surface area (Å²) in [4.78, 5) is 13.8. The monoisotopic (exact) mass is 388 g/mol. The number of amides is 1. The molecule has 1 atom stereocenters. The molecular weight excluding hydrogens is 368 g/mol. The van der Waals surface area contributed by atoms with Gasteiger partial charge >= 0.3 is 6.09 Å². The maximum Gasteiger partial charge on any atom is 0.410 e. The number of anilines is 1. The fourth-order valence-electron chi connectivity index (χ4n) is 2.35. The van der Waals surface area contributed by atoms with Gasteiger partial charge in [-0.15, -0.1) is 0 Å². The minimum atomic E-state index is -0.462. The van der Waals surface area contributed by atoms with Crippen LogP contribution in [-0.2, 0) is 4.74 Å². The summed E-state index contributed by atoms with van der Waals surface area (Å²) in [6, 6.07) is 4.10. The number of benzene rings is 1. The Morgan fingerprint density at radius 1 is 1.45 bits per heavy atom. The lowest BCUT2D eigenvalue weighted by molar-refractivity contribution is 0.0293. The van der Waals surface area contributed by atoms with Crippen LogP contribution in [0.25, 0.3) is 0 Å². The molecule has 1 aromatic rings. The van der Waals surface area contributed by atoms with Crippen LogP contribution in [-0.4, -0.2) is 35.7 Å². The van der Waals surface area contributed by atoms with Crippen LogP contribution >= 0.6 is 27.5 Å². The largest absolute Gasteiger partial charge is 0.444 e. The number of hydrogen-bond acceptors (Lipinski definition) is 3. The molecular formula is C16H22BrClN2O2. The van der Waals surface area contributed by atoms with Crippen LogP contribution in [0.3, 0.4) is 0 Å². The molecule has 1 N–H and O–H groups in total. The number of aryl methyl sites for hydroxylation is 1. The van der Waals surface area contributed by atoms with E-state index in [0.29, 0.717) is 13.1 Å². The molecule has 0 radical (unpaired) electrons. The van der Waals surface area contributed by atoms with E-state index in [9.17, 15) is 4.79 Å². The van der Waals surface area contributed by atoms with Crippen molar-refractivity contribution in [3.63, 3.8) is 0 Å². The van der Waals surface area contributed by atoms with Crippen molar-refractivity contribution in [2.75, 3.05) is 18.4 Å². The van der Waals surface area contributed by atoms with E-state index in [0.717, 1.165) is 27.2 Å². The molecule has 1 fully saturated rings. The average molecular weight is 390 g/mol. The molecule has 4 nitrogen and oxygen atoms in total. The van der Waals surface area contributed by atoms with E-state index in [1.54, 1.807) is 4.90 Å². The van der Waals surface area contributed by atoms with E-state index in [-0.39, 0.29) is 12.1 Å². The molecule has 6 heteroatoms. The molecule has 1 aromatic carbocycles. The first-order valence-corrected chi connectivity index (χ1v) is 8.53. The molecule has 1 amide bonds. The van der Waals surface area contributed by atoms with Gasteiger partial charge in [0, 0.05) is 28.6 Å². The summed E-state index contributed by atoms with van der Waals surface area (Å²) in [6.45, 7) is 8.93. The average Bonchev–Trinajstić information content (AvgIpc) is 2.82. The summed E-state index contributed by atoms with van der Waals surface area (Å²) in [5.41, 5.74) is 1.52. The fourth-order valence-corrected chi connectivity index (χ4v) is 3.08. The van der Waals surface area contributed by atoms with Gasteiger partial charge in [0.15, 0.2) is 0 Å². The molecule has 0 spiro atoms. The Bertz CT molecular complexity index is 572. The van der Waals surface area contributed by atoms with Gasteiger partial charge in [-0.2, -0.15) is 0 Å². The van der Waals surface area contributed by atoms with Crippen molar-refractivity contribution < 1.29 is 9.53 Å². The Morgan fingerprint density at radius 2 is 2.14 bits per heavy atom. The van der Waals surface area contributed by atoms with Crippen LogP contribution in [0, 0.1) is 6.92 Å². The Hall–Kier alpha value is -0.940. The predicted molar refractivity (Wildman–Crippen MR) is 93.7 cm³/mol. The zero-order valence-corrected chi connectivity index (χ0v) is 15.7. The third-order valence-electron chi connectivity index (χ3n) is 3.45. The zero-order valence-electron chi connectivity index (χ0n) is 13.4. The molecule has 0 aromatic heterocycles. The minimum Gasteiger partial charge on any atom is -0.444 e. The van der Waals surface area contributed by atoms with Gasteiger partial charge in [0.2, 0.25) is 0 Å². The van der Waals surface area contributed by atoms with Gasteiger partial charge in [0.05, 0.1) is 5.69 Å². The summed E-state index contributed by atoms with van der Waals surface area (Å²) in [7, 11) is 0. The van der Waals surface area contributed by atoms with Crippen molar-refractivity contribution in [2.45, 2.75) is 45.8 Å². The molecule has 122 valence electrons. The molecule has 0 bridgehead atoms. The van der Waals surface area contributed by atoms with Gasteiger partial charge < -0.3 is 15.0 Å². The first-order chi connectivity index (χ1) is 10.2. The number of nitrogens with one attached hydrogen (secondary N) is 1. The van der Waals surface area contributed by atoms with E-state index in [2.05, 4.69) is 21.2 Å². The Balaban J connectivity index is 1.97. The van der Waals surface area contributed by atoms with Gasteiger partial charge in [-0.05, 0) is 67.7 Å². The number of nitrogens with zero attached hydrogens (tertiary/aromatic N) is 1. The molecule has 1 aliphatic rings. The highest BCUT2D eigenvalue weighted by atomic mass is 79.9. The van der Waals surface area contributed by atoms with Crippen LogP contribution < -0.4 is 5.32 Å². The van der Waals surface area contributed by atoms with E-state index in [1.807, 2.05) is 39.8 Å². The van der Waals surface area contributed by atoms with Gasteiger partial charge in [0.1, 0.15) is 5.60 Å². The second kappa shape index (κ2) is 6.67. The summed E-state index contributed by atoms with van der Waals surface area (Å²) in [5.74, 6) is 0. The lowest BCUT2D eigenvalue weighted by Gasteiger charge is -2.24. The number of rotatable bonds is 2. The Labute approximate surface area is 145 Å². The van der Waals surface area contributed by atoms with Crippen LogP contribution in [0.15, 0.2) is 16.6 Å². The number of hydrogen-bond donors (Lipinski definition) is 1. The first kappa shape index (κ1) is 17.4. The summed E-state index contributed by atoms with van der Waals surface area (Å²) in [5, 5.41) is 4.17. The topological polar surface area (TPSA) is 41.6 Å². The Morgan fingerprint density at radius 3 is 2.77 bits per heavy atom. The third kappa shape index (κ3) is 4.53. The lowest BCUT2D eigenvalue weighted by atomic mass is 10.2. The van der Waals surface area contributed by atoms with Crippen molar-refractivity contribution in [3.8, 4) is 0 Å². The first-order valence-electron chi connectivity index (χ1n) is 7.36. The molecule has 1 heterocycles. The minimum absolute atomic E-state index is 0.197. The Kier molecular flexibility index (Phi) is 5.28. The second-order valence-corrected chi connectivity index (χ2v) is 7.90. The summed E-state index contributed by atoms with van der Waals surface area (Å²) >= 11 is 9.72. The maximum absolute atomic E-state index is 12.1. The van der Waals surface area contributed by atoms with E-state index >= 15 is 0 Å². The number of likely N-dealkylation sites (tertiary alicyclic amines) is 1. The van der Waals surface area contributed by atoms with Crippen molar-refractivity contribution in [2.24, 2.45) is 0 Å². The van der Waals surface area contributed by atoms with E-state index in [1.165, 1.54) is 0 Å². The van der Waals surface area contributed by atoms with Crippen molar-refractivity contribution in [3.05, 3.63) is 27.2 Å². The summed E-state index contributed by atoms with van der Waals surface area (Å²) in [6.07, 6.45) is 0.634. The fraction of sp³-hybridized carbons (Fsp3) is 0.562. The zero-order chi connectivity index (χ0) is 16.5. The standard InChI is InChI=1S/C16H22BrClN2O2/c1-10-7-12(17)14(8-13(10)18)19-11-5-6-20(9-11)15(21)22-16(2,3)4/h7-8,11,19H,5-6,9H2,1-4H3. The lowest BCUT2D eigenvalue weighted by Crippen LogP contribution is -2.36. The molecule has 22 heavy (non-hydrogen) atoms. The van der Waals surface area contributed by atoms with Gasteiger partial charge in [-0.1, -0.05) is 11.6 Å². The molecule has 2 rings (SSSR count). The van der Waals surface area contributed by atoms with E-state index < -0.39 is 5.60 Å². The SMILES string of the molecule is Cc1cc(Br)c(NC2CCN(C(=O)OC(C)(C)C)C2)cc1Cl. The highest BCUT2D eigenvalue weighted by Crippen LogP contribution is 2.30. The second-order valence-electron chi connectivity index (χ2n) is 6.64. The number of carbonyl (C=O) groups is 1. The molecule has 0 aliphatic carbocycles. The van der Waals surface area contributed by atoms with Gasteiger partial charge in [-0.3, -0.25) is 0 Å². The molecule has 1 aliphatic heterocycles. The van der Waals surface area contributed by atoms with Crippen molar-refractivity contribution >= 4 is 39.3 Å². The number of carbonyl (C=O) groups excluding carboxylic acids is 1. The van der Waals surface area contributed by atoms with Crippen LogP contribution in [0.4, 0.5) is 10.5 Å². The van der Waals surface area contributed by atoms with Crippen molar-refractivity contribution in [1.82, 2.24) is 4.90 Å². The van der Waals surface area contributed by atoms with Gasteiger partial charge in [0.25, 0.3) is 0 Å². The van der Waals surface area contributed by atoms with E-state index in [4.69, 9.17) is 16.3 Å². The van der Waals surface area contributed by atoms with Gasteiger partial charge in [-0.25, -0.2) is 4.79 Å². The predicted octanol–water partition coefficient (Wildman–Crippen LogP) is 4.83. The van der Waals surface area contributed by atoms with Crippen LogP contribution in [0.2, 0.25) is 5.02 Å². The third-order valence-corrected chi connectivity index (χ3v) is 4.51. The maximum atomic E-state index is 12.1. The quantitative estimate of drug-likeness (QED) is 0.787. The molecule has 1 unspecified atom stereocenters. The highest BCUT2D eigenvalue weighted by Gasteiger charge is 2.29. The summed E-state index contributed by atoms with van der Waals surface area (Å²) < 4.78 is 6.38. The number of halogens is 2.